The van der Waals surface area contributed by atoms with Crippen molar-refractivity contribution < 1.29 is 12.3 Å². The van der Waals surface area contributed by atoms with Crippen LogP contribution in [0.3, 0.4) is 0 Å². The van der Waals surface area contributed by atoms with Crippen LogP contribution in [0.2, 0.25) is 0 Å². The van der Waals surface area contributed by atoms with Crippen molar-refractivity contribution in [3.05, 3.63) is 0 Å². The standard InChI is InChI=1S/C16H35N3O2.2H2/c1-14(2)11-17-12-16-13-19(7-10-21-16)6-9-20-8-5-18-15(3)4;;/h14-18H,5-13H2,1-4H3;2*1H. The van der Waals surface area contributed by atoms with Crippen LogP contribution in [0.1, 0.15) is 30.5 Å². The molecule has 0 aromatic heterocycles. The molecule has 0 radical (unpaired) electrons. The summed E-state index contributed by atoms with van der Waals surface area (Å²) in [5, 5.41) is 6.83. The molecule has 1 unspecified atom stereocenters. The highest BCUT2D eigenvalue weighted by molar-refractivity contribution is 4.73. The summed E-state index contributed by atoms with van der Waals surface area (Å²) in [6, 6.07) is 0.534. The van der Waals surface area contributed by atoms with Gasteiger partial charge in [0.25, 0.3) is 0 Å². The molecule has 1 aliphatic rings. The molecular formula is C16H39N3O2. The topological polar surface area (TPSA) is 45.8 Å². The van der Waals surface area contributed by atoms with Gasteiger partial charge >= 0.3 is 0 Å². The Morgan fingerprint density at radius 2 is 2.10 bits per heavy atom. The van der Waals surface area contributed by atoms with E-state index in [1.807, 2.05) is 0 Å². The quantitative estimate of drug-likeness (QED) is 0.566. The van der Waals surface area contributed by atoms with Gasteiger partial charge in [-0.3, -0.25) is 4.90 Å². The average Bonchev–Trinajstić information content (AvgIpc) is 2.42. The minimum Gasteiger partial charge on any atom is -0.379 e. The first-order valence-electron chi connectivity index (χ1n) is 8.43. The number of hydrogen-bond acceptors (Lipinski definition) is 5. The third-order valence-corrected chi connectivity index (χ3v) is 3.50. The zero-order valence-electron chi connectivity index (χ0n) is 14.4. The summed E-state index contributed by atoms with van der Waals surface area (Å²) in [4.78, 5) is 2.45. The van der Waals surface area contributed by atoms with Crippen molar-refractivity contribution in [1.82, 2.24) is 15.5 Å². The van der Waals surface area contributed by atoms with Gasteiger partial charge in [0.2, 0.25) is 0 Å². The van der Waals surface area contributed by atoms with Gasteiger partial charge in [0.15, 0.2) is 0 Å². The molecule has 1 saturated heterocycles. The second kappa shape index (κ2) is 11.4. The van der Waals surface area contributed by atoms with E-state index in [9.17, 15) is 0 Å². The minimum atomic E-state index is 0. The first-order chi connectivity index (χ1) is 10.1. The lowest BCUT2D eigenvalue weighted by molar-refractivity contribution is -0.0348. The first kappa shape index (κ1) is 18.8. The van der Waals surface area contributed by atoms with E-state index < -0.39 is 0 Å². The van der Waals surface area contributed by atoms with E-state index >= 15 is 0 Å². The van der Waals surface area contributed by atoms with Crippen molar-refractivity contribution in [3.8, 4) is 0 Å². The van der Waals surface area contributed by atoms with Gasteiger partial charge in [0, 0.05) is 41.6 Å². The van der Waals surface area contributed by atoms with Crippen molar-refractivity contribution in [3.63, 3.8) is 0 Å². The summed E-state index contributed by atoms with van der Waals surface area (Å²) < 4.78 is 11.5. The number of nitrogens with one attached hydrogen (secondary N) is 2. The Hall–Kier alpha value is -0.200. The molecule has 1 fully saturated rings. The summed E-state index contributed by atoms with van der Waals surface area (Å²) in [5.41, 5.74) is 0. The van der Waals surface area contributed by atoms with E-state index in [4.69, 9.17) is 9.47 Å². The van der Waals surface area contributed by atoms with Crippen LogP contribution in [0.4, 0.5) is 0 Å². The Kier molecular flexibility index (Phi) is 10.2. The van der Waals surface area contributed by atoms with Gasteiger partial charge in [0.05, 0.1) is 25.9 Å². The zero-order chi connectivity index (χ0) is 15.5. The normalized spacial score (nSPS) is 20.6. The molecule has 0 aliphatic carbocycles. The molecule has 2 N–H and O–H groups in total. The lowest BCUT2D eigenvalue weighted by Gasteiger charge is -2.33. The maximum Gasteiger partial charge on any atom is 0.0826 e. The zero-order valence-corrected chi connectivity index (χ0v) is 14.4. The predicted molar refractivity (Wildman–Crippen MR) is 92.1 cm³/mol. The molecule has 5 heteroatoms. The molecule has 130 valence electrons. The SMILES string of the molecule is CC(C)CNCC1CN(CCOCCNC(C)C)CCO1.[HH].[HH]. The van der Waals surface area contributed by atoms with Crippen molar-refractivity contribution in [2.45, 2.75) is 39.8 Å². The second-order valence-corrected chi connectivity index (χ2v) is 6.57. The third kappa shape index (κ3) is 10.2. The monoisotopic (exact) mass is 305 g/mol. The van der Waals surface area contributed by atoms with Gasteiger partial charge in [-0.2, -0.15) is 0 Å². The lowest BCUT2D eigenvalue weighted by atomic mass is 10.2. The predicted octanol–water partition coefficient (Wildman–Crippen LogP) is 1.44. The average molecular weight is 306 g/mol. The molecule has 0 spiro atoms. The highest BCUT2D eigenvalue weighted by Gasteiger charge is 2.19. The van der Waals surface area contributed by atoms with Crippen LogP contribution in [-0.2, 0) is 9.47 Å². The highest BCUT2D eigenvalue weighted by atomic mass is 16.5. The summed E-state index contributed by atoms with van der Waals surface area (Å²) >= 11 is 0. The molecule has 1 rings (SSSR count). The fraction of sp³-hybridized carbons (Fsp3) is 1.00. The van der Waals surface area contributed by atoms with Crippen LogP contribution < -0.4 is 10.6 Å². The highest BCUT2D eigenvalue weighted by Crippen LogP contribution is 2.04. The van der Waals surface area contributed by atoms with Crippen LogP contribution in [-0.4, -0.2) is 76.1 Å². The number of morpholine rings is 1. The van der Waals surface area contributed by atoms with Crippen molar-refractivity contribution in [2.24, 2.45) is 5.92 Å². The second-order valence-electron chi connectivity index (χ2n) is 6.57. The lowest BCUT2D eigenvalue weighted by Crippen LogP contribution is -2.48. The van der Waals surface area contributed by atoms with Gasteiger partial charge in [-0.1, -0.05) is 27.7 Å². The van der Waals surface area contributed by atoms with Crippen LogP contribution in [0.5, 0.6) is 0 Å². The number of ether oxygens (including phenoxy) is 2. The van der Waals surface area contributed by atoms with Crippen molar-refractivity contribution in [1.29, 1.82) is 0 Å². The molecule has 0 amide bonds. The van der Waals surface area contributed by atoms with Crippen LogP contribution in [0, 0.1) is 5.92 Å². The Morgan fingerprint density at radius 1 is 1.29 bits per heavy atom. The number of rotatable bonds is 11. The molecule has 0 saturated carbocycles. The molecule has 1 atom stereocenters. The molecule has 21 heavy (non-hydrogen) atoms. The summed E-state index contributed by atoms with van der Waals surface area (Å²) in [6.07, 6.45) is 0.320. The van der Waals surface area contributed by atoms with Gasteiger partial charge in [-0.05, 0) is 12.5 Å². The summed E-state index contributed by atoms with van der Waals surface area (Å²) in [6.45, 7) is 17.2. The van der Waals surface area contributed by atoms with Gasteiger partial charge in [-0.25, -0.2) is 0 Å². The smallest absolute Gasteiger partial charge is 0.0826 e. The molecule has 1 aliphatic heterocycles. The largest absolute Gasteiger partial charge is 0.379 e. The van der Waals surface area contributed by atoms with E-state index in [0.717, 1.165) is 59.1 Å². The summed E-state index contributed by atoms with van der Waals surface area (Å²) in [5.74, 6) is 0.692. The third-order valence-electron chi connectivity index (χ3n) is 3.50. The molecule has 1 heterocycles. The summed E-state index contributed by atoms with van der Waals surface area (Å²) in [7, 11) is 0. The van der Waals surface area contributed by atoms with Crippen molar-refractivity contribution >= 4 is 0 Å². The Bertz CT molecular complexity index is 259. The van der Waals surface area contributed by atoms with E-state index in [2.05, 4.69) is 43.2 Å². The van der Waals surface area contributed by atoms with Crippen molar-refractivity contribution in [2.75, 3.05) is 59.1 Å². The van der Waals surface area contributed by atoms with Crippen LogP contribution in [0.15, 0.2) is 0 Å². The maximum atomic E-state index is 5.81. The minimum absolute atomic E-state index is 0. The molecule has 0 aromatic carbocycles. The first-order valence-corrected chi connectivity index (χ1v) is 8.43. The number of nitrogens with zero attached hydrogens (tertiary/aromatic N) is 1. The van der Waals surface area contributed by atoms with E-state index in [1.54, 1.807) is 0 Å². The van der Waals surface area contributed by atoms with E-state index in [0.29, 0.717) is 18.1 Å². The maximum absolute atomic E-state index is 5.81. The van der Waals surface area contributed by atoms with Crippen LogP contribution in [0.25, 0.3) is 0 Å². The Balaban J connectivity index is 0. The molecule has 5 nitrogen and oxygen atoms in total. The van der Waals surface area contributed by atoms with Gasteiger partial charge in [0.1, 0.15) is 0 Å². The number of hydrogen-bond donors (Lipinski definition) is 2. The fourth-order valence-electron chi connectivity index (χ4n) is 2.36. The van der Waals surface area contributed by atoms with Crippen LogP contribution >= 0.6 is 0 Å². The van der Waals surface area contributed by atoms with E-state index in [1.165, 1.54) is 0 Å². The molecule has 0 bridgehead atoms. The Labute approximate surface area is 133 Å². The Morgan fingerprint density at radius 3 is 2.81 bits per heavy atom. The van der Waals surface area contributed by atoms with Gasteiger partial charge < -0.3 is 20.1 Å². The fourth-order valence-corrected chi connectivity index (χ4v) is 2.36. The molecule has 0 aromatic rings. The molecular weight excluding hydrogens is 266 g/mol. The van der Waals surface area contributed by atoms with E-state index in [-0.39, 0.29) is 2.85 Å². The van der Waals surface area contributed by atoms with Gasteiger partial charge in [-0.15, -0.1) is 0 Å².